The van der Waals surface area contributed by atoms with E-state index >= 15 is 0 Å². The third-order valence-corrected chi connectivity index (χ3v) is 76.7. The average Bonchev–Trinajstić information content (AvgIpc) is 3.12. The summed E-state index contributed by atoms with van der Waals surface area (Å²) in [7, 11) is 26.8. The van der Waals surface area contributed by atoms with Gasteiger partial charge in [0.2, 0.25) is 0 Å². The van der Waals surface area contributed by atoms with E-state index in [1.165, 1.54) is 6.42 Å². The molecule has 59 heavy (non-hydrogen) atoms. The van der Waals surface area contributed by atoms with Crippen molar-refractivity contribution in [3.8, 4) is 17.2 Å². The summed E-state index contributed by atoms with van der Waals surface area (Å²) in [6, 6.07) is 5.49. The third-order valence-electron chi connectivity index (χ3n) is 4.85. The Morgan fingerprint density at radius 1 is 0.678 bits per heavy atom. The SMILES string of the molecule is BrCCCBr.Fc1cc(F)c(OCCCOc2c(F)cc(F)cc2I)c(I)c1.O=CO[O-].Oc1c(F)cc(F)cc1I.PP(P)P(P)P(P)P.PPP(P)P(P)P.[H-].[K+].[K+]. The van der Waals surface area contributed by atoms with Crippen LogP contribution in [0.2, 0.25) is 0 Å². The van der Waals surface area contributed by atoms with Crippen LogP contribution in [-0.4, -0.2) is 35.5 Å². The largest absolute Gasteiger partial charge is 1.00 e. The Morgan fingerprint density at radius 2 is 1.02 bits per heavy atom. The second-order valence-corrected chi connectivity index (χ2v) is 64.4. The number of carbonyl (C=O) groups excluding carboxylic acids is 1. The Hall–Kier alpha value is 8.94. The molecule has 330 valence electrons. The second kappa shape index (κ2) is 49.2. The third kappa shape index (κ3) is 42.0. The fourth-order valence-corrected chi connectivity index (χ4v) is 50.8. The summed E-state index contributed by atoms with van der Waals surface area (Å²) in [6.07, 6.45) is 1.57. The molecule has 34 heteroatoms. The molecule has 0 saturated heterocycles. The molecule has 0 aliphatic rings. The number of ether oxygens (including phenoxy) is 2. The van der Waals surface area contributed by atoms with Crippen molar-refractivity contribution in [2.24, 2.45) is 0 Å². The van der Waals surface area contributed by atoms with E-state index in [1.54, 1.807) is 67.8 Å². The number of aromatic hydroxyl groups is 1. The van der Waals surface area contributed by atoms with Gasteiger partial charge in [-0.05, 0) is 127 Å². The molecule has 0 aromatic heterocycles. The number of carbonyl (C=O) groups is 1. The number of alkyl halides is 2. The Bertz CT molecular complexity index is 1450. The normalized spacial score (nSPS) is 10.5. The maximum atomic E-state index is 13.5. The smallest absolute Gasteiger partial charge is 1.00 e. The van der Waals surface area contributed by atoms with Gasteiger partial charge in [0.1, 0.15) is 17.5 Å². The van der Waals surface area contributed by atoms with Gasteiger partial charge in [0.05, 0.1) is 23.9 Å². The summed E-state index contributed by atoms with van der Waals surface area (Å²) < 4.78 is 88.9. The maximum absolute atomic E-state index is 13.5. The standard InChI is InChI=1S/C15H10F4I2O2.C6H3F2IO.C3H6Br2.CH2O3.2K.H10P8.H9P7.H/c16-8-4-10(18)14(12(20)6-8)22-2-1-3-23-15-11(19)5-9(17)7-13(15)21;7-3-1-4(8)6(10)5(9)2-3;4-2-1-3-5;2-1-4-3;;;1-6(2)8(5)7(3)4;1-5-7(4)6(2)3;/h4-7H,1-3H2;1-2,10H;1-3H2;1,3H;;;1-5H2;5H,1-4H2;/q;;;;2*+1;;;-1/p-1. The van der Waals surface area contributed by atoms with Crippen LogP contribution in [0.5, 0.6) is 17.2 Å². The van der Waals surface area contributed by atoms with Gasteiger partial charge in [-0.15, -0.1) is 80.4 Å². The first-order chi connectivity index (χ1) is 26.6. The van der Waals surface area contributed by atoms with Crippen LogP contribution in [0.25, 0.3) is 0 Å². The average molecular weight is 1630 g/mol. The fraction of sp³-hybridized carbons (Fsp3) is 0.240. The molecule has 3 rings (SSSR count). The Balaban J connectivity index is -0.000000165. The molecule has 0 saturated carbocycles. The molecule has 1 N–H and O–H groups in total. The van der Waals surface area contributed by atoms with Crippen LogP contribution in [0.15, 0.2) is 36.4 Å². The molecule has 0 heterocycles. The number of halogens is 11. The molecule has 6 nitrogen and oxygen atoms in total. The van der Waals surface area contributed by atoms with E-state index in [-0.39, 0.29) is 174 Å². The van der Waals surface area contributed by atoms with Crippen LogP contribution < -0.4 is 118 Å². The quantitative estimate of drug-likeness (QED) is 0.0211. The van der Waals surface area contributed by atoms with Crippen LogP contribution in [0.4, 0.5) is 26.3 Å². The van der Waals surface area contributed by atoms with Gasteiger partial charge in [0.15, 0.2) is 34.7 Å². The zero-order valence-corrected chi connectivity index (χ0v) is 62.6. The van der Waals surface area contributed by atoms with Crippen molar-refractivity contribution in [2.75, 3.05) is 23.9 Å². The first kappa shape index (κ1) is 76.9. The molecular formula is C25H40Br2F6I3K2O6P15. The van der Waals surface area contributed by atoms with E-state index < -0.39 is 40.7 Å². The summed E-state index contributed by atoms with van der Waals surface area (Å²) >= 11 is 11.7. The summed E-state index contributed by atoms with van der Waals surface area (Å²) in [6.45, 7) is 0.983. The zero-order chi connectivity index (χ0) is 44.8. The number of hydrogen-bond donors (Lipinski definition) is 1. The molecule has 11 atom stereocenters. The Morgan fingerprint density at radius 3 is 1.22 bits per heavy atom. The molecule has 3 aromatic rings. The van der Waals surface area contributed by atoms with Gasteiger partial charge in [0, 0.05) is 35.3 Å². The van der Waals surface area contributed by atoms with Crippen molar-refractivity contribution in [3.63, 3.8) is 0 Å². The van der Waals surface area contributed by atoms with Gasteiger partial charge < -0.3 is 26.2 Å². The zero-order valence-electron chi connectivity index (χ0n) is 31.9. The number of rotatable bonds is 13. The number of benzene rings is 3. The van der Waals surface area contributed by atoms with Crippen LogP contribution >= 0.6 is 223 Å². The van der Waals surface area contributed by atoms with Crippen molar-refractivity contribution in [3.05, 3.63) is 82.0 Å². The first-order valence-electron chi connectivity index (χ1n) is 14.2. The molecule has 0 radical (unpaired) electrons. The first-order valence-corrected chi connectivity index (χ1v) is 45.1. The predicted molar refractivity (Wildman–Crippen MR) is 305 cm³/mol. The van der Waals surface area contributed by atoms with Crippen molar-refractivity contribution < 1.29 is 160 Å². The minimum absolute atomic E-state index is 0. The summed E-state index contributed by atoms with van der Waals surface area (Å²) in [5.41, 5.74) is 0. The second-order valence-electron chi connectivity index (χ2n) is 9.02. The van der Waals surface area contributed by atoms with E-state index in [0.717, 1.165) is 48.9 Å². The molecule has 0 bridgehead atoms. The van der Waals surface area contributed by atoms with Gasteiger partial charge in [0.25, 0.3) is 6.47 Å². The number of phenolic OH excluding ortho intramolecular Hbond substituents is 1. The Kier molecular flexibility index (Phi) is 64.0. The van der Waals surface area contributed by atoms with Gasteiger partial charge in [-0.1, -0.05) is 39.8 Å². The van der Waals surface area contributed by atoms with Crippen molar-refractivity contribution in [2.45, 2.75) is 12.8 Å². The predicted octanol–water partition coefficient (Wildman–Crippen LogP) is 10.1. The van der Waals surface area contributed by atoms with Crippen molar-refractivity contribution in [1.82, 2.24) is 0 Å². The molecule has 0 spiro atoms. The van der Waals surface area contributed by atoms with Gasteiger partial charge >= 0.3 is 103 Å². The maximum Gasteiger partial charge on any atom is 1.00 e. The molecule has 0 amide bonds. The monoisotopic (exact) mass is 1630 g/mol. The van der Waals surface area contributed by atoms with Gasteiger partial charge in [-0.3, -0.25) is 4.79 Å². The summed E-state index contributed by atoms with van der Waals surface area (Å²) in [5.74, 6) is -5.09. The van der Waals surface area contributed by atoms with Gasteiger partial charge in [-0.2, -0.15) is 0 Å². The van der Waals surface area contributed by atoms with E-state index in [9.17, 15) is 26.3 Å². The van der Waals surface area contributed by atoms with Crippen LogP contribution in [0.3, 0.4) is 0 Å². The minimum atomic E-state index is -0.926. The van der Waals surface area contributed by atoms with Crippen LogP contribution in [0.1, 0.15) is 14.3 Å². The van der Waals surface area contributed by atoms with E-state index in [2.05, 4.69) is 117 Å². The molecule has 3 aromatic carbocycles. The molecular weight excluding hydrogens is 1590 g/mol. The van der Waals surface area contributed by atoms with Crippen LogP contribution in [-0.2, 0) is 9.68 Å². The van der Waals surface area contributed by atoms with E-state index in [0.29, 0.717) is 19.6 Å². The topological polar surface area (TPSA) is 88.1 Å². The molecule has 11 unspecified atom stereocenters. The Labute approximate surface area is 515 Å². The van der Waals surface area contributed by atoms with E-state index in [1.807, 2.05) is 0 Å². The minimum Gasteiger partial charge on any atom is -1.00 e. The van der Waals surface area contributed by atoms with Crippen molar-refractivity contribution >= 4 is 229 Å². The van der Waals surface area contributed by atoms with Gasteiger partial charge in [-0.25, -0.2) is 26.3 Å². The molecule has 0 aliphatic carbocycles. The van der Waals surface area contributed by atoms with E-state index in [4.69, 9.17) is 24.6 Å². The number of phenols is 1. The molecule has 0 fully saturated rings. The van der Waals surface area contributed by atoms with Crippen LogP contribution in [0, 0.1) is 45.6 Å². The van der Waals surface area contributed by atoms with Crippen molar-refractivity contribution in [1.29, 1.82) is 0 Å². The number of hydrogen-bond acceptors (Lipinski definition) is 6. The summed E-state index contributed by atoms with van der Waals surface area (Å²) in [4.78, 5) is 11.2. The fourth-order valence-electron chi connectivity index (χ4n) is 2.51. The summed E-state index contributed by atoms with van der Waals surface area (Å²) in [5, 5.41) is 19.4. The molecule has 0 aliphatic heterocycles.